The number of carbonyl (C=O) groups is 1. The summed E-state index contributed by atoms with van der Waals surface area (Å²) in [4.78, 5) is 12.1. The first-order valence-electron chi connectivity index (χ1n) is 7.84. The highest BCUT2D eigenvalue weighted by molar-refractivity contribution is 9.10. The number of hydrogen-bond acceptors (Lipinski definition) is 4. The molecule has 0 radical (unpaired) electrons. The van der Waals surface area contributed by atoms with Crippen LogP contribution < -0.4 is 14.8 Å². The lowest BCUT2D eigenvalue weighted by atomic mass is 10.2. The summed E-state index contributed by atoms with van der Waals surface area (Å²) in [6, 6.07) is 6.93. The number of nitrogens with one attached hydrogen (secondary N) is 2. The van der Waals surface area contributed by atoms with E-state index in [0.717, 1.165) is 0 Å². The molecule has 0 aliphatic carbocycles. The van der Waals surface area contributed by atoms with Crippen LogP contribution in [-0.2, 0) is 14.8 Å². The molecule has 0 aliphatic heterocycles. The zero-order valence-corrected chi connectivity index (χ0v) is 17.6. The predicted octanol–water partition coefficient (Wildman–Crippen LogP) is 3.95. The van der Waals surface area contributed by atoms with Gasteiger partial charge in [0.05, 0.1) is 28.3 Å². The van der Waals surface area contributed by atoms with E-state index in [-0.39, 0.29) is 15.6 Å². The maximum atomic E-state index is 13.8. The Balaban J connectivity index is 2.12. The summed E-state index contributed by atoms with van der Waals surface area (Å²) < 4.78 is 46.7. The van der Waals surface area contributed by atoms with Crippen LogP contribution >= 0.6 is 27.5 Å². The van der Waals surface area contributed by atoms with Crippen molar-refractivity contribution < 1.29 is 22.3 Å². The predicted molar refractivity (Wildman–Crippen MR) is 105 cm³/mol. The Hall–Kier alpha value is -1.68. The minimum Gasteiger partial charge on any atom is -0.492 e. The molecule has 0 spiro atoms. The van der Waals surface area contributed by atoms with E-state index in [0.29, 0.717) is 16.8 Å². The number of hydrogen-bond donors (Lipinski definition) is 2. The van der Waals surface area contributed by atoms with Gasteiger partial charge in [0.1, 0.15) is 11.6 Å². The second-order valence-corrected chi connectivity index (χ2v) is 8.52. The maximum absolute atomic E-state index is 13.8. The molecule has 0 bridgehead atoms. The SMILES string of the molecule is CCOc1ccc(S(=O)(=O)N[C@@H](C)C(=O)Nc2ccc(Br)cc2F)cc1Cl. The van der Waals surface area contributed by atoms with Crippen LogP contribution in [0.2, 0.25) is 5.02 Å². The number of carbonyl (C=O) groups excluding carboxylic acids is 1. The lowest BCUT2D eigenvalue weighted by Crippen LogP contribution is -2.41. The first kappa shape index (κ1) is 21.6. The van der Waals surface area contributed by atoms with Crippen molar-refractivity contribution in [2.45, 2.75) is 24.8 Å². The van der Waals surface area contributed by atoms with Gasteiger partial charge in [0, 0.05) is 4.47 Å². The molecule has 2 aromatic carbocycles. The van der Waals surface area contributed by atoms with Gasteiger partial charge in [0.15, 0.2) is 0 Å². The topological polar surface area (TPSA) is 84.5 Å². The molecule has 0 saturated carbocycles. The van der Waals surface area contributed by atoms with Crippen molar-refractivity contribution >= 4 is 49.1 Å². The van der Waals surface area contributed by atoms with Crippen LogP contribution in [0.25, 0.3) is 0 Å². The third kappa shape index (κ3) is 5.65. The Bertz CT molecular complexity index is 956. The van der Waals surface area contributed by atoms with Crippen molar-refractivity contribution in [3.8, 4) is 5.75 Å². The highest BCUT2D eigenvalue weighted by Crippen LogP contribution is 2.27. The summed E-state index contributed by atoms with van der Waals surface area (Å²) in [5, 5.41) is 2.47. The monoisotopic (exact) mass is 478 g/mol. The summed E-state index contributed by atoms with van der Waals surface area (Å²) in [7, 11) is -4.02. The number of amides is 1. The van der Waals surface area contributed by atoms with Crippen LogP contribution in [0.3, 0.4) is 0 Å². The number of rotatable bonds is 7. The molecule has 1 amide bonds. The molecule has 1 atom stereocenters. The van der Waals surface area contributed by atoms with E-state index < -0.39 is 27.8 Å². The normalized spacial score (nSPS) is 12.5. The first-order valence-corrected chi connectivity index (χ1v) is 10.5. The molecule has 146 valence electrons. The Kier molecular flexibility index (Phi) is 7.21. The molecular weight excluding hydrogens is 463 g/mol. The van der Waals surface area contributed by atoms with E-state index in [1.54, 1.807) is 13.0 Å². The van der Waals surface area contributed by atoms with Gasteiger partial charge in [-0.05, 0) is 50.2 Å². The summed E-state index contributed by atoms with van der Waals surface area (Å²) in [6.07, 6.45) is 0. The molecule has 2 N–H and O–H groups in total. The van der Waals surface area contributed by atoms with Crippen LogP contribution in [0.5, 0.6) is 5.75 Å². The molecule has 10 heteroatoms. The van der Waals surface area contributed by atoms with E-state index >= 15 is 0 Å². The van der Waals surface area contributed by atoms with E-state index in [1.165, 1.54) is 37.3 Å². The number of benzene rings is 2. The Morgan fingerprint density at radius 3 is 2.59 bits per heavy atom. The zero-order valence-electron chi connectivity index (χ0n) is 14.4. The lowest BCUT2D eigenvalue weighted by molar-refractivity contribution is -0.117. The molecule has 0 fully saturated rings. The second-order valence-electron chi connectivity index (χ2n) is 5.48. The van der Waals surface area contributed by atoms with Crippen molar-refractivity contribution in [3.63, 3.8) is 0 Å². The fraction of sp³-hybridized carbons (Fsp3) is 0.235. The largest absolute Gasteiger partial charge is 0.492 e. The average molecular weight is 480 g/mol. The van der Waals surface area contributed by atoms with Crippen molar-refractivity contribution in [3.05, 3.63) is 51.7 Å². The van der Waals surface area contributed by atoms with Crippen LogP contribution in [0.15, 0.2) is 45.8 Å². The minimum atomic E-state index is -4.02. The summed E-state index contributed by atoms with van der Waals surface area (Å²) in [5.74, 6) is -1.00. The van der Waals surface area contributed by atoms with Crippen LogP contribution in [0.4, 0.5) is 10.1 Å². The first-order chi connectivity index (χ1) is 12.6. The van der Waals surface area contributed by atoms with Gasteiger partial charge in [-0.3, -0.25) is 4.79 Å². The highest BCUT2D eigenvalue weighted by atomic mass is 79.9. The number of ether oxygens (including phenoxy) is 1. The van der Waals surface area contributed by atoms with Crippen molar-refractivity contribution in [2.24, 2.45) is 0 Å². The van der Waals surface area contributed by atoms with Gasteiger partial charge in [0.2, 0.25) is 15.9 Å². The van der Waals surface area contributed by atoms with Crippen LogP contribution in [-0.4, -0.2) is 27.0 Å². The van der Waals surface area contributed by atoms with E-state index in [2.05, 4.69) is 26.0 Å². The lowest BCUT2D eigenvalue weighted by Gasteiger charge is -2.15. The minimum absolute atomic E-state index is 0.0571. The van der Waals surface area contributed by atoms with E-state index in [1.807, 2.05) is 0 Å². The van der Waals surface area contributed by atoms with Crippen molar-refractivity contribution in [1.82, 2.24) is 4.72 Å². The standard InChI is InChI=1S/C17H17BrClFN2O4S/c1-3-26-16-7-5-12(9-13(16)19)27(24,25)22-10(2)17(23)21-15-6-4-11(18)8-14(15)20/h4-10,22H,3H2,1-2H3,(H,21,23)/t10-/m0/s1. The number of anilines is 1. The zero-order chi connectivity index (χ0) is 20.2. The third-order valence-corrected chi connectivity index (χ3v) is 5.75. The summed E-state index contributed by atoms with van der Waals surface area (Å²) >= 11 is 9.12. The van der Waals surface area contributed by atoms with Crippen molar-refractivity contribution in [1.29, 1.82) is 0 Å². The third-order valence-electron chi connectivity index (χ3n) is 3.43. The molecule has 27 heavy (non-hydrogen) atoms. The van der Waals surface area contributed by atoms with Crippen molar-refractivity contribution in [2.75, 3.05) is 11.9 Å². The molecule has 0 unspecified atom stereocenters. The quantitative estimate of drug-likeness (QED) is 0.630. The fourth-order valence-electron chi connectivity index (χ4n) is 2.11. The van der Waals surface area contributed by atoms with Gasteiger partial charge in [-0.2, -0.15) is 4.72 Å². The molecule has 6 nitrogen and oxygen atoms in total. The number of sulfonamides is 1. The van der Waals surface area contributed by atoms with Gasteiger partial charge >= 0.3 is 0 Å². The molecule has 0 aliphatic rings. The van der Waals surface area contributed by atoms with E-state index in [9.17, 15) is 17.6 Å². The highest BCUT2D eigenvalue weighted by Gasteiger charge is 2.23. The second kappa shape index (κ2) is 9.01. The fourth-order valence-corrected chi connectivity index (χ4v) is 3.97. The van der Waals surface area contributed by atoms with Crippen LogP contribution in [0.1, 0.15) is 13.8 Å². The number of halogens is 3. The molecule has 0 saturated heterocycles. The smallest absolute Gasteiger partial charge is 0.242 e. The van der Waals surface area contributed by atoms with Gasteiger partial charge in [-0.1, -0.05) is 27.5 Å². The molecule has 2 rings (SSSR count). The Morgan fingerprint density at radius 2 is 2.00 bits per heavy atom. The molecule has 2 aromatic rings. The van der Waals surface area contributed by atoms with E-state index in [4.69, 9.17) is 16.3 Å². The molecule has 0 heterocycles. The Morgan fingerprint density at radius 1 is 1.30 bits per heavy atom. The molecule has 0 aromatic heterocycles. The summed E-state index contributed by atoms with van der Waals surface area (Å²) in [5.41, 5.74) is -0.0571. The van der Waals surface area contributed by atoms with Gasteiger partial charge in [-0.15, -0.1) is 0 Å². The van der Waals surface area contributed by atoms with Gasteiger partial charge in [0.25, 0.3) is 0 Å². The average Bonchev–Trinajstić information content (AvgIpc) is 2.58. The van der Waals surface area contributed by atoms with Crippen LogP contribution in [0, 0.1) is 5.82 Å². The van der Waals surface area contributed by atoms with Gasteiger partial charge < -0.3 is 10.1 Å². The molecular formula is C17H17BrClFN2O4S. The van der Waals surface area contributed by atoms with Gasteiger partial charge in [-0.25, -0.2) is 12.8 Å². The summed E-state index contributed by atoms with van der Waals surface area (Å²) in [6.45, 7) is 3.50. The maximum Gasteiger partial charge on any atom is 0.242 e. The Labute approximate surface area is 170 Å².